The molecule has 20 heavy (non-hydrogen) atoms. The summed E-state index contributed by atoms with van der Waals surface area (Å²) in [5.41, 5.74) is 2.47. The molecule has 1 aromatic carbocycles. The molecule has 0 N–H and O–H groups in total. The smallest absolute Gasteiger partial charge is 0.119 e. The van der Waals surface area contributed by atoms with Crippen molar-refractivity contribution in [2.24, 2.45) is 0 Å². The van der Waals surface area contributed by atoms with Crippen molar-refractivity contribution in [1.29, 1.82) is 0 Å². The zero-order valence-corrected chi connectivity index (χ0v) is 15.8. The second-order valence-corrected chi connectivity index (χ2v) is 9.99. The first-order valence-electron chi connectivity index (χ1n) is 7.03. The van der Waals surface area contributed by atoms with Crippen LogP contribution in [0.5, 0.6) is 5.75 Å². The third kappa shape index (κ3) is 5.98. The van der Waals surface area contributed by atoms with Gasteiger partial charge in [-0.05, 0) is 35.2 Å². The molecule has 2 nitrogen and oxygen atoms in total. The highest BCUT2D eigenvalue weighted by Crippen LogP contribution is 2.28. The van der Waals surface area contributed by atoms with Gasteiger partial charge in [0.25, 0.3) is 0 Å². The predicted molar refractivity (Wildman–Crippen MR) is 91.6 cm³/mol. The Balaban J connectivity index is 2.33. The van der Waals surface area contributed by atoms with Gasteiger partial charge in [-0.15, -0.1) is 0 Å². The molecule has 1 radical (unpaired) electrons. The van der Waals surface area contributed by atoms with Crippen molar-refractivity contribution in [2.45, 2.75) is 44.2 Å². The van der Waals surface area contributed by atoms with Crippen molar-refractivity contribution in [1.82, 2.24) is 0 Å². The van der Waals surface area contributed by atoms with Crippen LogP contribution in [0.4, 0.5) is 0 Å². The Morgan fingerprint density at radius 3 is 2.45 bits per heavy atom. The first-order chi connectivity index (χ1) is 9.35. The first-order valence-corrected chi connectivity index (χ1v) is 10.6. The van der Waals surface area contributed by atoms with Crippen LogP contribution in [-0.4, -0.2) is 28.6 Å². The quantitative estimate of drug-likeness (QED) is 0.377. The van der Waals surface area contributed by atoms with Crippen LogP contribution in [0, 0.1) is 6.92 Å². The van der Waals surface area contributed by atoms with Crippen molar-refractivity contribution in [3.63, 3.8) is 0 Å². The lowest BCUT2D eigenvalue weighted by atomic mass is 10.1. The minimum absolute atomic E-state index is 0.317. The molecule has 0 spiro atoms. The van der Waals surface area contributed by atoms with Gasteiger partial charge in [0, 0.05) is 11.9 Å². The summed E-state index contributed by atoms with van der Waals surface area (Å²) in [6, 6.07) is 6.30. The van der Waals surface area contributed by atoms with E-state index in [9.17, 15) is 0 Å². The average Bonchev–Trinajstić information content (AvgIpc) is 2.37. The molecule has 0 atom stereocenters. The van der Waals surface area contributed by atoms with Crippen LogP contribution < -0.4 is 4.74 Å². The molecule has 0 heterocycles. The van der Waals surface area contributed by atoms with Crippen molar-refractivity contribution in [3.05, 3.63) is 29.3 Å². The van der Waals surface area contributed by atoms with E-state index in [1.165, 1.54) is 11.1 Å². The largest absolute Gasteiger partial charge is 0.491 e. The molecule has 1 aromatic rings. The lowest BCUT2D eigenvalue weighted by Gasteiger charge is -2.27. The minimum atomic E-state index is -0.335. The van der Waals surface area contributed by atoms with Crippen LogP contribution in [0.1, 0.15) is 25.0 Å². The van der Waals surface area contributed by atoms with Crippen molar-refractivity contribution < 1.29 is 9.47 Å². The Labute approximate surface area is 133 Å². The molecule has 1 rings (SSSR count). The fraction of sp³-hybridized carbons (Fsp3) is 0.625. The molecule has 0 fully saturated rings. The van der Waals surface area contributed by atoms with Gasteiger partial charge in [0.15, 0.2) is 0 Å². The third-order valence-electron chi connectivity index (χ3n) is 3.58. The van der Waals surface area contributed by atoms with E-state index in [4.69, 9.17) is 9.47 Å². The summed E-state index contributed by atoms with van der Waals surface area (Å²) in [5, 5.41) is 1.17. The monoisotopic (exact) mass is 357 g/mol. The summed E-state index contributed by atoms with van der Waals surface area (Å²) in [5.74, 6) is 0.929. The van der Waals surface area contributed by atoms with Crippen LogP contribution in [-0.2, 0) is 10.1 Å². The lowest BCUT2D eigenvalue weighted by Crippen LogP contribution is -2.27. The fourth-order valence-corrected chi connectivity index (χ4v) is 2.39. The van der Waals surface area contributed by atoms with Crippen LogP contribution >= 0.6 is 15.9 Å². The highest BCUT2D eigenvalue weighted by molar-refractivity contribution is 9.08. The molecule has 4 heteroatoms. The molecule has 0 aliphatic heterocycles. The van der Waals surface area contributed by atoms with Crippen LogP contribution in [0.25, 0.3) is 0 Å². The van der Waals surface area contributed by atoms with Crippen molar-refractivity contribution in [3.8, 4) is 5.75 Å². The zero-order valence-electron chi connectivity index (χ0n) is 13.3. The number of ether oxygens (including phenoxy) is 2. The van der Waals surface area contributed by atoms with Gasteiger partial charge in [-0.25, -0.2) is 0 Å². The van der Waals surface area contributed by atoms with E-state index < -0.39 is 0 Å². The summed E-state index contributed by atoms with van der Waals surface area (Å²) in [6.07, 6.45) is 0. The van der Waals surface area contributed by atoms with E-state index in [1.807, 2.05) is 0 Å². The molecule has 0 bridgehead atoms. The maximum absolute atomic E-state index is 5.77. The third-order valence-corrected chi connectivity index (χ3v) is 7.08. The number of halogens is 1. The number of hydrogen-bond donors (Lipinski definition) is 0. The van der Waals surface area contributed by atoms with E-state index in [1.54, 1.807) is 0 Å². The Kier molecular flexibility index (Phi) is 7.27. The van der Waals surface area contributed by atoms with Gasteiger partial charge in [-0.1, -0.05) is 48.9 Å². The topological polar surface area (TPSA) is 18.5 Å². The fourth-order valence-electron chi connectivity index (χ4n) is 1.68. The Morgan fingerprint density at radius 2 is 1.85 bits per heavy atom. The summed E-state index contributed by atoms with van der Waals surface area (Å²) in [4.78, 5) is 0. The SMILES string of the molecule is Cc1cc(CBr)cc(OCCOCC(C)(C)[Si](C)C)c1. The van der Waals surface area contributed by atoms with Gasteiger partial charge in [0.2, 0.25) is 0 Å². The maximum atomic E-state index is 5.77. The van der Waals surface area contributed by atoms with Crippen molar-refractivity contribution in [2.75, 3.05) is 19.8 Å². The zero-order chi connectivity index (χ0) is 15.2. The summed E-state index contributed by atoms with van der Waals surface area (Å²) in [6.45, 7) is 13.4. The molecule has 0 aliphatic carbocycles. The summed E-state index contributed by atoms with van der Waals surface area (Å²) >= 11 is 3.48. The molecular weight excluding hydrogens is 332 g/mol. The molecule has 113 valence electrons. The van der Waals surface area contributed by atoms with E-state index in [-0.39, 0.29) is 8.80 Å². The van der Waals surface area contributed by atoms with Gasteiger partial charge in [0.05, 0.1) is 15.4 Å². The Morgan fingerprint density at radius 1 is 1.15 bits per heavy atom. The second kappa shape index (κ2) is 8.20. The van der Waals surface area contributed by atoms with E-state index >= 15 is 0 Å². The first kappa shape index (κ1) is 17.7. The highest BCUT2D eigenvalue weighted by atomic mass is 79.9. The van der Waals surface area contributed by atoms with E-state index in [0.29, 0.717) is 18.3 Å². The summed E-state index contributed by atoms with van der Waals surface area (Å²) in [7, 11) is -0.335. The molecule has 0 unspecified atom stereocenters. The van der Waals surface area contributed by atoms with Gasteiger partial charge in [-0.2, -0.15) is 0 Å². The number of aryl methyl sites for hydroxylation is 1. The second-order valence-electron chi connectivity index (χ2n) is 6.07. The maximum Gasteiger partial charge on any atom is 0.119 e. The molecule has 0 aliphatic rings. The average molecular weight is 358 g/mol. The van der Waals surface area contributed by atoms with E-state index in [2.05, 4.69) is 68.0 Å². The predicted octanol–water partition coefficient (Wildman–Crippen LogP) is 4.82. The molecule has 0 amide bonds. The van der Waals surface area contributed by atoms with Gasteiger partial charge in [0.1, 0.15) is 12.4 Å². The molecule has 0 aromatic heterocycles. The van der Waals surface area contributed by atoms with Crippen LogP contribution in [0.3, 0.4) is 0 Å². The standard InChI is InChI=1S/C16H26BrO2Si/c1-13-8-14(11-17)10-15(9-13)19-7-6-18-12-16(2,3)20(4)5/h8-10H,6-7,11-12H2,1-5H3. The Hall–Kier alpha value is -0.323. The van der Waals surface area contributed by atoms with Crippen LogP contribution in [0.2, 0.25) is 18.1 Å². The number of rotatable bonds is 8. The normalized spacial score (nSPS) is 11.9. The minimum Gasteiger partial charge on any atom is -0.491 e. The Bertz CT molecular complexity index is 419. The van der Waals surface area contributed by atoms with Gasteiger partial charge in [-0.3, -0.25) is 0 Å². The molecular formula is C16H26BrO2Si. The van der Waals surface area contributed by atoms with Gasteiger partial charge >= 0.3 is 0 Å². The van der Waals surface area contributed by atoms with E-state index in [0.717, 1.165) is 17.7 Å². The van der Waals surface area contributed by atoms with Crippen LogP contribution in [0.15, 0.2) is 18.2 Å². The van der Waals surface area contributed by atoms with Crippen molar-refractivity contribution >= 4 is 24.7 Å². The highest BCUT2D eigenvalue weighted by Gasteiger charge is 2.23. The summed E-state index contributed by atoms with van der Waals surface area (Å²) < 4.78 is 11.5. The molecule has 0 saturated carbocycles. The number of hydrogen-bond acceptors (Lipinski definition) is 2. The lowest BCUT2D eigenvalue weighted by molar-refractivity contribution is 0.0847. The number of benzene rings is 1. The van der Waals surface area contributed by atoms with Gasteiger partial charge < -0.3 is 9.47 Å². The number of alkyl halides is 1. The molecule has 0 saturated heterocycles.